The zero-order valence-corrected chi connectivity index (χ0v) is 10.4. The fourth-order valence-electron chi connectivity index (χ4n) is 1.69. The SMILES string of the molecule is COc1ccc(NCc2cncc(C)c2)cc1F. The van der Waals surface area contributed by atoms with Gasteiger partial charge in [-0.05, 0) is 30.2 Å². The number of pyridine rings is 1. The van der Waals surface area contributed by atoms with E-state index in [-0.39, 0.29) is 11.6 Å². The van der Waals surface area contributed by atoms with E-state index in [1.807, 2.05) is 13.0 Å². The summed E-state index contributed by atoms with van der Waals surface area (Å²) in [5.74, 6) is -0.123. The molecular weight excluding hydrogens is 231 g/mol. The van der Waals surface area contributed by atoms with Crippen LogP contribution in [0, 0.1) is 12.7 Å². The van der Waals surface area contributed by atoms with Crippen molar-refractivity contribution in [2.24, 2.45) is 0 Å². The number of nitrogens with zero attached hydrogens (tertiary/aromatic N) is 1. The lowest BCUT2D eigenvalue weighted by Crippen LogP contribution is -2.01. The summed E-state index contributed by atoms with van der Waals surface area (Å²) >= 11 is 0. The van der Waals surface area contributed by atoms with Gasteiger partial charge in [0.2, 0.25) is 0 Å². The van der Waals surface area contributed by atoms with Gasteiger partial charge in [-0.1, -0.05) is 6.07 Å². The first-order valence-electron chi connectivity index (χ1n) is 5.67. The Morgan fingerprint density at radius 1 is 1.28 bits per heavy atom. The standard InChI is InChI=1S/C14H15FN2O/c1-10-5-11(8-16-7-10)9-17-12-3-4-14(18-2)13(15)6-12/h3-8,17H,9H2,1-2H3. The molecule has 1 heterocycles. The van der Waals surface area contributed by atoms with Crippen LogP contribution in [0.3, 0.4) is 0 Å². The maximum absolute atomic E-state index is 13.5. The highest BCUT2D eigenvalue weighted by atomic mass is 19.1. The number of benzene rings is 1. The fraction of sp³-hybridized carbons (Fsp3) is 0.214. The first kappa shape index (κ1) is 12.4. The molecule has 0 aliphatic rings. The van der Waals surface area contributed by atoms with Crippen molar-refractivity contribution < 1.29 is 9.13 Å². The number of aryl methyl sites for hydroxylation is 1. The molecule has 2 aromatic rings. The highest BCUT2D eigenvalue weighted by molar-refractivity contribution is 5.47. The van der Waals surface area contributed by atoms with Crippen molar-refractivity contribution in [2.75, 3.05) is 12.4 Å². The zero-order valence-electron chi connectivity index (χ0n) is 10.4. The molecule has 0 fully saturated rings. The second-order valence-corrected chi connectivity index (χ2v) is 4.07. The van der Waals surface area contributed by atoms with Crippen molar-refractivity contribution in [1.82, 2.24) is 4.98 Å². The van der Waals surface area contributed by atoms with Gasteiger partial charge in [0.1, 0.15) is 0 Å². The van der Waals surface area contributed by atoms with Crippen LogP contribution in [-0.2, 0) is 6.54 Å². The Balaban J connectivity index is 2.04. The van der Waals surface area contributed by atoms with Gasteiger partial charge in [0.05, 0.1) is 7.11 Å². The van der Waals surface area contributed by atoms with Gasteiger partial charge in [0, 0.05) is 30.7 Å². The Morgan fingerprint density at radius 2 is 2.11 bits per heavy atom. The van der Waals surface area contributed by atoms with Gasteiger partial charge in [0.15, 0.2) is 11.6 Å². The van der Waals surface area contributed by atoms with Gasteiger partial charge in [-0.25, -0.2) is 4.39 Å². The number of rotatable bonds is 4. The second kappa shape index (κ2) is 5.49. The number of methoxy groups -OCH3 is 1. The van der Waals surface area contributed by atoms with E-state index >= 15 is 0 Å². The third-order valence-corrected chi connectivity index (χ3v) is 2.58. The van der Waals surface area contributed by atoms with Gasteiger partial charge in [-0.2, -0.15) is 0 Å². The monoisotopic (exact) mass is 246 g/mol. The highest BCUT2D eigenvalue weighted by Gasteiger charge is 2.03. The van der Waals surface area contributed by atoms with Crippen molar-refractivity contribution in [2.45, 2.75) is 13.5 Å². The number of hydrogen-bond donors (Lipinski definition) is 1. The molecule has 0 saturated heterocycles. The second-order valence-electron chi connectivity index (χ2n) is 4.07. The number of halogens is 1. The van der Waals surface area contributed by atoms with Crippen LogP contribution in [0.1, 0.15) is 11.1 Å². The van der Waals surface area contributed by atoms with Crippen LogP contribution in [0.25, 0.3) is 0 Å². The van der Waals surface area contributed by atoms with E-state index in [1.165, 1.54) is 13.2 Å². The van der Waals surface area contributed by atoms with Crippen LogP contribution in [0.5, 0.6) is 5.75 Å². The maximum atomic E-state index is 13.5. The zero-order chi connectivity index (χ0) is 13.0. The van der Waals surface area contributed by atoms with Gasteiger partial charge in [0.25, 0.3) is 0 Å². The van der Waals surface area contributed by atoms with Gasteiger partial charge in [-0.15, -0.1) is 0 Å². The Kier molecular flexibility index (Phi) is 3.77. The van der Waals surface area contributed by atoms with Crippen LogP contribution in [0.4, 0.5) is 10.1 Å². The van der Waals surface area contributed by atoms with Crippen molar-refractivity contribution >= 4 is 5.69 Å². The van der Waals surface area contributed by atoms with Gasteiger partial charge in [-0.3, -0.25) is 4.98 Å². The molecule has 0 radical (unpaired) electrons. The fourth-order valence-corrected chi connectivity index (χ4v) is 1.69. The molecule has 1 aromatic heterocycles. The normalized spacial score (nSPS) is 10.2. The summed E-state index contributed by atoms with van der Waals surface area (Å²) in [6.45, 7) is 2.60. The van der Waals surface area contributed by atoms with E-state index in [1.54, 1.807) is 24.5 Å². The largest absolute Gasteiger partial charge is 0.494 e. The van der Waals surface area contributed by atoms with E-state index in [4.69, 9.17) is 4.74 Å². The molecule has 1 aromatic carbocycles. The minimum absolute atomic E-state index is 0.248. The van der Waals surface area contributed by atoms with Crippen LogP contribution >= 0.6 is 0 Å². The molecule has 0 atom stereocenters. The Morgan fingerprint density at radius 3 is 2.78 bits per heavy atom. The third-order valence-electron chi connectivity index (χ3n) is 2.58. The first-order chi connectivity index (χ1) is 8.69. The summed E-state index contributed by atoms with van der Waals surface area (Å²) < 4.78 is 18.3. The van der Waals surface area contributed by atoms with Gasteiger partial charge < -0.3 is 10.1 Å². The molecule has 4 heteroatoms. The van der Waals surface area contributed by atoms with Crippen molar-refractivity contribution in [3.63, 3.8) is 0 Å². The molecule has 0 aliphatic heterocycles. The average molecular weight is 246 g/mol. The molecule has 0 amide bonds. The number of ether oxygens (including phenoxy) is 1. The number of aromatic nitrogens is 1. The lowest BCUT2D eigenvalue weighted by atomic mass is 10.2. The van der Waals surface area contributed by atoms with Crippen LogP contribution in [-0.4, -0.2) is 12.1 Å². The summed E-state index contributed by atoms with van der Waals surface area (Å²) in [5, 5.41) is 3.14. The molecule has 0 spiro atoms. The molecule has 0 unspecified atom stereocenters. The van der Waals surface area contributed by atoms with E-state index in [2.05, 4.69) is 10.3 Å². The predicted octanol–water partition coefficient (Wildman–Crippen LogP) is 3.15. The molecule has 2 rings (SSSR count). The number of anilines is 1. The minimum Gasteiger partial charge on any atom is -0.494 e. The summed E-state index contributed by atoms with van der Waals surface area (Å²) in [4.78, 5) is 4.11. The lowest BCUT2D eigenvalue weighted by Gasteiger charge is -2.08. The lowest BCUT2D eigenvalue weighted by molar-refractivity contribution is 0.386. The van der Waals surface area contributed by atoms with E-state index in [0.29, 0.717) is 6.54 Å². The Labute approximate surface area is 106 Å². The topological polar surface area (TPSA) is 34.1 Å². The van der Waals surface area contributed by atoms with E-state index in [0.717, 1.165) is 16.8 Å². The van der Waals surface area contributed by atoms with Gasteiger partial charge >= 0.3 is 0 Å². The molecule has 0 bridgehead atoms. The average Bonchev–Trinajstić information content (AvgIpc) is 2.37. The quantitative estimate of drug-likeness (QED) is 0.899. The van der Waals surface area contributed by atoms with Crippen LogP contribution in [0.2, 0.25) is 0 Å². The highest BCUT2D eigenvalue weighted by Crippen LogP contribution is 2.21. The molecule has 3 nitrogen and oxygen atoms in total. The molecule has 94 valence electrons. The van der Waals surface area contributed by atoms with E-state index in [9.17, 15) is 4.39 Å². The summed E-state index contributed by atoms with van der Waals surface area (Å²) in [7, 11) is 1.45. The van der Waals surface area contributed by atoms with Crippen LogP contribution < -0.4 is 10.1 Å². The number of hydrogen-bond acceptors (Lipinski definition) is 3. The molecule has 18 heavy (non-hydrogen) atoms. The van der Waals surface area contributed by atoms with Crippen LogP contribution in [0.15, 0.2) is 36.7 Å². The summed E-state index contributed by atoms with van der Waals surface area (Å²) in [5.41, 5.74) is 2.89. The third kappa shape index (κ3) is 2.97. The molecule has 0 aliphatic carbocycles. The number of nitrogens with one attached hydrogen (secondary N) is 1. The molecular formula is C14H15FN2O. The first-order valence-corrected chi connectivity index (χ1v) is 5.67. The summed E-state index contributed by atoms with van der Waals surface area (Å²) in [6.07, 6.45) is 3.59. The Bertz CT molecular complexity index is 543. The Hall–Kier alpha value is -2.10. The molecule has 0 saturated carbocycles. The van der Waals surface area contributed by atoms with Crippen molar-refractivity contribution in [3.05, 3.63) is 53.6 Å². The smallest absolute Gasteiger partial charge is 0.167 e. The predicted molar refractivity (Wildman–Crippen MR) is 69.3 cm³/mol. The van der Waals surface area contributed by atoms with E-state index < -0.39 is 0 Å². The maximum Gasteiger partial charge on any atom is 0.167 e. The van der Waals surface area contributed by atoms with Crippen molar-refractivity contribution in [3.8, 4) is 5.75 Å². The minimum atomic E-state index is -0.370. The summed E-state index contributed by atoms with van der Waals surface area (Å²) in [6, 6.07) is 6.85. The van der Waals surface area contributed by atoms with Crippen molar-refractivity contribution in [1.29, 1.82) is 0 Å². The molecule has 1 N–H and O–H groups in total.